The van der Waals surface area contributed by atoms with Gasteiger partial charge in [0.1, 0.15) is 0 Å². The summed E-state index contributed by atoms with van der Waals surface area (Å²) in [4.78, 5) is 4.45. The van der Waals surface area contributed by atoms with Gasteiger partial charge in [0.25, 0.3) is 5.89 Å². The molecule has 1 heterocycles. The van der Waals surface area contributed by atoms with Crippen molar-refractivity contribution in [3.63, 3.8) is 0 Å². The Bertz CT molecular complexity index is 802. The molecule has 24 heavy (non-hydrogen) atoms. The highest BCUT2D eigenvalue weighted by Crippen LogP contribution is 2.24. The molecule has 0 spiro atoms. The second-order valence-electron chi connectivity index (χ2n) is 5.56. The molecule has 0 aliphatic carbocycles. The number of nitrogens with zero attached hydrogens (tertiary/aromatic N) is 2. The molecular weight excluding hydrogens is 326 g/mol. The molecule has 0 aliphatic heterocycles. The number of anilines is 1. The minimum Gasteiger partial charge on any atom is -0.390 e. The van der Waals surface area contributed by atoms with E-state index in [0.29, 0.717) is 18.3 Å². The normalized spacial score (nSPS) is 12.1. The minimum atomic E-state index is -0.570. The maximum absolute atomic E-state index is 9.45. The lowest BCUT2D eigenvalue weighted by Gasteiger charge is -2.09. The highest BCUT2D eigenvalue weighted by atomic mass is 35.5. The van der Waals surface area contributed by atoms with Crippen molar-refractivity contribution in [3.8, 4) is 22.8 Å². The van der Waals surface area contributed by atoms with Gasteiger partial charge >= 0.3 is 0 Å². The van der Waals surface area contributed by atoms with E-state index in [1.54, 1.807) is 0 Å². The largest absolute Gasteiger partial charge is 0.390 e. The highest BCUT2D eigenvalue weighted by Gasteiger charge is 2.11. The number of aryl methyl sites for hydroxylation is 1. The van der Waals surface area contributed by atoms with Gasteiger partial charge in [0, 0.05) is 23.4 Å². The highest BCUT2D eigenvalue weighted by molar-refractivity contribution is 6.18. The van der Waals surface area contributed by atoms with Crippen LogP contribution in [0.5, 0.6) is 0 Å². The summed E-state index contributed by atoms with van der Waals surface area (Å²) >= 11 is 5.57. The summed E-state index contributed by atoms with van der Waals surface area (Å²) in [5.74, 6) is 1.24. The van der Waals surface area contributed by atoms with Crippen LogP contribution in [0.25, 0.3) is 22.8 Å². The zero-order chi connectivity index (χ0) is 16.9. The Morgan fingerprint density at radius 3 is 2.67 bits per heavy atom. The Balaban J connectivity index is 1.73. The van der Waals surface area contributed by atoms with Crippen molar-refractivity contribution in [2.45, 2.75) is 13.0 Å². The Hall–Kier alpha value is -2.37. The van der Waals surface area contributed by atoms with E-state index >= 15 is 0 Å². The van der Waals surface area contributed by atoms with E-state index < -0.39 is 6.10 Å². The lowest BCUT2D eigenvalue weighted by molar-refractivity contribution is 0.211. The first-order valence-electron chi connectivity index (χ1n) is 7.65. The molecule has 0 fully saturated rings. The molecule has 0 amide bonds. The lowest BCUT2D eigenvalue weighted by Crippen LogP contribution is -2.20. The number of nitrogens with one attached hydrogen (secondary N) is 1. The molecule has 6 heteroatoms. The van der Waals surface area contributed by atoms with Gasteiger partial charge in [-0.05, 0) is 37.3 Å². The van der Waals surface area contributed by atoms with Gasteiger partial charge in [0.2, 0.25) is 5.82 Å². The topological polar surface area (TPSA) is 71.2 Å². The number of alkyl halides is 1. The molecule has 124 valence electrons. The summed E-state index contributed by atoms with van der Waals surface area (Å²) in [6.45, 7) is 2.43. The van der Waals surface area contributed by atoms with Crippen molar-refractivity contribution >= 4 is 17.3 Å². The lowest BCUT2D eigenvalue weighted by atomic mass is 10.1. The third kappa shape index (κ3) is 3.93. The number of hydrogen-bond acceptors (Lipinski definition) is 5. The molecule has 0 radical (unpaired) electrons. The molecule has 0 aliphatic rings. The predicted octanol–water partition coefficient (Wildman–Crippen LogP) is 3.72. The molecule has 3 aromatic rings. The first kappa shape index (κ1) is 16.5. The second kappa shape index (κ2) is 7.47. The molecule has 2 N–H and O–H groups in total. The average Bonchev–Trinajstić information content (AvgIpc) is 3.10. The third-order valence-electron chi connectivity index (χ3n) is 3.55. The van der Waals surface area contributed by atoms with Gasteiger partial charge in [-0.1, -0.05) is 28.9 Å². The zero-order valence-electron chi connectivity index (χ0n) is 13.2. The van der Waals surface area contributed by atoms with Crippen LogP contribution in [0.3, 0.4) is 0 Å². The smallest absolute Gasteiger partial charge is 0.258 e. The quantitative estimate of drug-likeness (QED) is 0.667. The van der Waals surface area contributed by atoms with Gasteiger partial charge in [-0.25, -0.2) is 0 Å². The van der Waals surface area contributed by atoms with Gasteiger partial charge in [-0.2, -0.15) is 4.98 Å². The van der Waals surface area contributed by atoms with Crippen LogP contribution in [-0.2, 0) is 0 Å². The summed E-state index contributed by atoms with van der Waals surface area (Å²) < 4.78 is 5.36. The number of aromatic nitrogens is 2. The van der Waals surface area contributed by atoms with E-state index in [0.717, 1.165) is 22.4 Å². The molecule has 0 saturated carbocycles. The molecule has 5 nitrogen and oxygen atoms in total. The fourth-order valence-electron chi connectivity index (χ4n) is 2.26. The van der Waals surface area contributed by atoms with Crippen LogP contribution in [0.15, 0.2) is 53.1 Å². The van der Waals surface area contributed by atoms with E-state index in [4.69, 9.17) is 16.1 Å². The van der Waals surface area contributed by atoms with Crippen molar-refractivity contribution < 1.29 is 9.63 Å². The first-order chi connectivity index (χ1) is 11.7. The molecule has 1 unspecified atom stereocenters. The predicted molar refractivity (Wildman–Crippen MR) is 95.1 cm³/mol. The van der Waals surface area contributed by atoms with Crippen LogP contribution < -0.4 is 5.32 Å². The maximum Gasteiger partial charge on any atom is 0.258 e. The number of aliphatic hydroxyl groups excluding tert-OH is 1. The van der Waals surface area contributed by atoms with Crippen molar-refractivity contribution in [2.75, 3.05) is 17.7 Å². The number of benzene rings is 2. The zero-order valence-corrected chi connectivity index (χ0v) is 14.0. The van der Waals surface area contributed by atoms with Crippen LogP contribution >= 0.6 is 11.6 Å². The Kier molecular flexibility index (Phi) is 5.13. The summed E-state index contributed by atoms with van der Waals surface area (Å²) in [6.07, 6.45) is -0.570. The minimum absolute atomic E-state index is 0.203. The van der Waals surface area contributed by atoms with Gasteiger partial charge in [0.15, 0.2) is 0 Å². The van der Waals surface area contributed by atoms with E-state index in [1.807, 2.05) is 55.5 Å². The molecule has 0 bridgehead atoms. The molecule has 1 atom stereocenters. The summed E-state index contributed by atoms with van der Waals surface area (Å²) in [5.41, 5.74) is 3.80. The van der Waals surface area contributed by atoms with Crippen LogP contribution in [0.2, 0.25) is 0 Å². The number of rotatable bonds is 6. The Morgan fingerprint density at radius 1 is 1.17 bits per heavy atom. The Labute approximate surface area is 145 Å². The standard InChI is InChI=1S/C18H18ClN3O2/c1-12-3-2-4-14(9-12)17-21-18(24-22-17)13-5-7-15(8-6-13)20-11-16(23)10-19/h2-9,16,20,23H,10-11H2,1H3. The number of halogens is 1. The number of hydrogen-bond donors (Lipinski definition) is 2. The molecule has 1 aromatic heterocycles. The fraction of sp³-hybridized carbons (Fsp3) is 0.222. The summed E-state index contributed by atoms with van der Waals surface area (Å²) in [7, 11) is 0. The van der Waals surface area contributed by atoms with Crippen molar-refractivity contribution in [3.05, 3.63) is 54.1 Å². The first-order valence-corrected chi connectivity index (χ1v) is 8.18. The monoisotopic (exact) mass is 343 g/mol. The third-order valence-corrected chi connectivity index (χ3v) is 3.91. The molecule has 3 rings (SSSR count). The van der Waals surface area contributed by atoms with Crippen molar-refractivity contribution in [1.82, 2.24) is 10.1 Å². The van der Waals surface area contributed by atoms with Gasteiger partial charge in [0.05, 0.1) is 12.0 Å². The van der Waals surface area contributed by atoms with Crippen LogP contribution in [0.1, 0.15) is 5.56 Å². The summed E-state index contributed by atoms with van der Waals surface area (Å²) in [6, 6.07) is 15.5. The van der Waals surface area contributed by atoms with Crippen LogP contribution in [0.4, 0.5) is 5.69 Å². The van der Waals surface area contributed by atoms with Crippen LogP contribution in [0, 0.1) is 6.92 Å². The molecular formula is C18H18ClN3O2. The fourth-order valence-corrected chi connectivity index (χ4v) is 2.37. The van der Waals surface area contributed by atoms with Gasteiger partial charge in [-0.3, -0.25) is 0 Å². The van der Waals surface area contributed by atoms with E-state index in [2.05, 4.69) is 15.5 Å². The van der Waals surface area contributed by atoms with Crippen molar-refractivity contribution in [2.24, 2.45) is 0 Å². The van der Waals surface area contributed by atoms with E-state index in [1.165, 1.54) is 0 Å². The average molecular weight is 344 g/mol. The van der Waals surface area contributed by atoms with Gasteiger partial charge < -0.3 is 14.9 Å². The second-order valence-corrected chi connectivity index (χ2v) is 5.87. The number of aliphatic hydroxyl groups is 1. The maximum atomic E-state index is 9.45. The Morgan fingerprint density at radius 2 is 1.96 bits per heavy atom. The van der Waals surface area contributed by atoms with Gasteiger partial charge in [-0.15, -0.1) is 11.6 Å². The molecule has 0 saturated heterocycles. The van der Waals surface area contributed by atoms with E-state index in [9.17, 15) is 5.11 Å². The summed E-state index contributed by atoms with van der Waals surface area (Å²) in [5, 5.41) is 16.6. The van der Waals surface area contributed by atoms with Crippen molar-refractivity contribution in [1.29, 1.82) is 0 Å². The molecule has 2 aromatic carbocycles. The van der Waals surface area contributed by atoms with E-state index in [-0.39, 0.29) is 5.88 Å². The SMILES string of the molecule is Cc1cccc(-c2noc(-c3ccc(NCC(O)CCl)cc3)n2)c1. The van der Waals surface area contributed by atoms with Crippen LogP contribution in [-0.4, -0.2) is 33.8 Å².